The molecule has 2 nitrogen and oxygen atoms in total. The summed E-state index contributed by atoms with van der Waals surface area (Å²) >= 11 is 11.9. The van der Waals surface area contributed by atoms with Gasteiger partial charge in [0, 0.05) is 15.6 Å². The minimum Gasteiger partial charge on any atom is -0.347 e. The lowest BCUT2D eigenvalue weighted by Gasteiger charge is -2.14. The van der Waals surface area contributed by atoms with Crippen LogP contribution in [-0.2, 0) is 9.47 Å². The van der Waals surface area contributed by atoms with E-state index >= 15 is 0 Å². The third-order valence-corrected chi connectivity index (χ3v) is 2.87. The van der Waals surface area contributed by atoms with Gasteiger partial charge in [-0.1, -0.05) is 29.3 Å². The van der Waals surface area contributed by atoms with E-state index in [1.807, 2.05) is 13.0 Å². The fourth-order valence-electron chi connectivity index (χ4n) is 1.65. The van der Waals surface area contributed by atoms with Crippen LogP contribution >= 0.6 is 23.2 Å². The summed E-state index contributed by atoms with van der Waals surface area (Å²) in [6, 6.07) is 5.31. The van der Waals surface area contributed by atoms with E-state index < -0.39 is 0 Å². The molecular formula is C11H11Cl2O2. The van der Waals surface area contributed by atoms with Crippen LogP contribution in [0.25, 0.3) is 0 Å². The van der Waals surface area contributed by atoms with Gasteiger partial charge in [-0.15, -0.1) is 0 Å². The zero-order valence-corrected chi connectivity index (χ0v) is 9.76. The molecule has 0 spiro atoms. The lowest BCUT2D eigenvalue weighted by atomic mass is 10.1. The van der Waals surface area contributed by atoms with Crippen LogP contribution in [0.15, 0.2) is 18.2 Å². The maximum absolute atomic E-state index is 6.07. The van der Waals surface area contributed by atoms with Crippen molar-refractivity contribution in [1.29, 1.82) is 0 Å². The molecule has 4 heteroatoms. The highest BCUT2D eigenvalue weighted by Crippen LogP contribution is 2.36. The molecule has 1 fully saturated rings. The van der Waals surface area contributed by atoms with E-state index in [0.717, 1.165) is 5.56 Å². The Hall–Kier alpha value is -0.280. The summed E-state index contributed by atoms with van der Waals surface area (Å²) in [5.41, 5.74) is 0.866. The molecule has 0 amide bonds. The van der Waals surface area contributed by atoms with Crippen LogP contribution in [0, 0.1) is 6.92 Å². The smallest absolute Gasteiger partial charge is 0.156 e. The standard InChI is InChI=1S/C11H11Cl2O2/c1-6-11(15-7(2)14-6)9-4-3-8(12)5-10(9)13/h3-7,11H,1H2,2H3. The van der Waals surface area contributed by atoms with E-state index in [1.54, 1.807) is 12.1 Å². The van der Waals surface area contributed by atoms with Gasteiger partial charge < -0.3 is 9.47 Å². The Morgan fingerprint density at radius 2 is 2.00 bits per heavy atom. The van der Waals surface area contributed by atoms with Crippen molar-refractivity contribution < 1.29 is 9.47 Å². The zero-order valence-electron chi connectivity index (χ0n) is 8.24. The van der Waals surface area contributed by atoms with Gasteiger partial charge in [-0.2, -0.15) is 0 Å². The second-order valence-electron chi connectivity index (χ2n) is 3.46. The summed E-state index contributed by atoms with van der Waals surface area (Å²) in [7, 11) is 0. The van der Waals surface area contributed by atoms with Gasteiger partial charge in [0.1, 0.15) is 6.10 Å². The van der Waals surface area contributed by atoms with Gasteiger partial charge in [-0.25, -0.2) is 0 Å². The molecule has 1 aromatic rings. The Kier molecular flexibility index (Phi) is 3.21. The molecule has 3 atom stereocenters. The number of halogens is 2. The van der Waals surface area contributed by atoms with Crippen molar-refractivity contribution in [3.8, 4) is 0 Å². The average Bonchev–Trinajstić information content (AvgIpc) is 2.45. The summed E-state index contributed by atoms with van der Waals surface area (Å²) in [5, 5.41) is 1.19. The fraction of sp³-hybridized carbons (Fsp3) is 0.364. The van der Waals surface area contributed by atoms with Gasteiger partial charge in [0.25, 0.3) is 0 Å². The van der Waals surface area contributed by atoms with Crippen molar-refractivity contribution in [3.63, 3.8) is 0 Å². The second-order valence-corrected chi connectivity index (χ2v) is 4.31. The second kappa shape index (κ2) is 4.30. The van der Waals surface area contributed by atoms with Gasteiger partial charge in [-0.3, -0.25) is 0 Å². The van der Waals surface area contributed by atoms with Gasteiger partial charge in [0.15, 0.2) is 6.29 Å². The molecule has 0 N–H and O–H groups in total. The summed E-state index contributed by atoms with van der Waals surface area (Å²) in [6.07, 6.45) is -0.701. The topological polar surface area (TPSA) is 18.5 Å². The van der Waals surface area contributed by atoms with Crippen molar-refractivity contribution in [2.24, 2.45) is 0 Å². The Bertz CT molecular complexity index is 368. The van der Waals surface area contributed by atoms with Crippen molar-refractivity contribution in [2.45, 2.75) is 25.4 Å². The van der Waals surface area contributed by atoms with Crippen LogP contribution in [0.3, 0.4) is 0 Å². The maximum atomic E-state index is 6.07. The first-order valence-corrected chi connectivity index (χ1v) is 5.42. The predicted octanol–water partition coefficient (Wildman–Crippen LogP) is 3.63. The molecule has 1 aromatic carbocycles. The molecule has 1 saturated heterocycles. The molecule has 1 aliphatic rings. The first kappa shape index (κ1) is 11.2. The van der Waals surface area contributed by atoms with E-state index in [-0.39, 0.29) is 18.5 Å². The third kappa shape index (κ3) is 2.28. The molecule has 3 unspecified atom stereocenters. The number of hydrogen-bond donors (Lipinski definition) is 0. The molecule has 1 heterocycles. The quantitative estimate of drug-likeness (QED) is 0.753. The minimum atomic E-state index is -0.246. The van der Waals surface area contributed by atoms with E-state index in [2.05, 4.69) is 6.92 Å². The highest BCUT2D eigenvalue weighted by atomic mass is 35.5. The minimum absolute atomic E-state index is 0.218. The SMILES string of the molecule is [CH2]C1OC(C)OC1c1ccc(Cl)cc1Cl. The van der Waals surface area contributed by atoms with E-state index in [4.69, 9.17) is 32.7 Å². The highest BCUT2D eigenvalue weighted by molar-refractivity contribution is 6.35. The molecule has 15 heavy (non-hydrogen) atoms. The van der Waals surface area contributed by atoms with E-state index in [1.165, 1.54) is 0 Å². The monoisotopic (exact) mass is 245 g/mol. The zero-order chi connectivity index (χ0) is 11.0. The first-order chi connectivity index (χ1) is 7.08. The van der Waals surface area contributed by atoms with Crippen molar-refractivity contribution >= 4 is 23.2 Å². The normalized spacial score (nSPS) is 30.8. The molecule has 81 valence electrons. The summed E-state index contributed by atoms with van der Waals surface area (Å²) in [5.74, 6) is 0. The fourth-order valence-corrected chi connectivity index (χ4v) is 2.17. The van der Waals surface area contributed by atoms with Crippen LogP contribution in [-0.4, -0.2) is 12.4 Å². The van der Waals surface area contributed by atoms with Crippen LogP contribution in [0.2, 0.25) is 10.0 Å². The summed E-state index contributed by atoms with van der Waals surface area (Å²) < 4.78 is 11.0. The number of hydrogen-bond acceptors (Lipinski definition) is 2. The Morgan fingerprint density at radius 1 is 1.27 bits per heavy atom. The van der Waals surface area contributed by atoms with Crippen molar-refractivity contribution in [1.82, 2.24) is 0 Å². The molecule has 0 aromatic heterocycles. The van der Waals surface area contributed by atoms with Crippen molar-refractivity contribution in [3.05, 3.63) is 40.7 Å². The summed E-state index contributed by atoms with van der Waals surface area (Å²) in [6.45, 7) is 5.71. The molecule has 0 aliphatic carbocycles. The van der Waals surface area contributed by atoms with Gasteiger partial charge in [-0.05, 0) is 26.0 Å². The predicted molar refractivity (Wildman–Crippen MR) is 60.0 cm³/mol. The first-order valence-electron chi connectivity index (χ1n) is 4.67. The summed E-state index contributed by atoms with van der Waals surface area (Å²) in [4.78, 5) is 0. The Morgan fingerprint density at radius 3 is 2.53 bits per heavy atom. The van der Waals surface area contributed by atoms with Crippen LogP contribution < -0.4 is 0 Å². The Balaban J connectivity index is 2.29. The number of rotatable bonds is 1. The van der Waals surface area contributed by atoms with Crippen LogP contribution in [0.4, 0.5) is 0 Å². The maximum Gasteiger partial charge on any atom is 0.156 e. The molecule has 0 saturated carbocycles. The van der Waals surface area contributed by atoms with Crippen LogP contribution in [0.5, 0.6) is 0 Å². The average molecular weight is 246 g/mol. The molecule has 0 bridgehead atoms. The lowest BCUT2D eigenvalue weighted by molar-refractivity contribution is -0.0474. The van der Waals surface area contributed by atoms with Gasteiger partial charge in [0.2, 0.25) is 0 Å². The number of benzene rings is 1. The number of ether oxygens (including phenoxy) is 2. The van der Waals surface area contributed by atoms with Crippen LogP contribution in [0.1, 0.15) is 18.6 Å². The molecule has 1 aliphatic heterocycles. The largest absolute Gasteiger partial charge is 0.347 e. The van der Waals surface area contributed by atoms with Gasteiger partial charge >= 0.3 is 0 Å². The molecule has 2 rings (SSSR count). The van der Waals surface area contributed by atoms with E-state index in [9.17, 15) is 0 Å². The molecular weight excluding hydrogens is 235 g/mol. The van der Waals surface area contributed by atoms with Gasteiger partial charge in [0.05, 0.1) is 6.10 Å². The third-order valence-electron chi connectivity index (χ3n) is 2.31. The highest BCUT2D eigenvalue weighted by Gasteiger charge is 2.32. The molecule has 1 radical (unpaired) electrons. The Labute approximate surface area is 99.1 Å². The lowest BCUT2D eigenvalue weighted by Crippen LogP contribution is -2.11. The van der Waals surface area contributed by atoms with E-state index in [0.29, 0.717) is 10.0 Å². The van der Waals surface area contributed by atoms with Crippen molar-refractivity contribution in [2.75, 3.05) is 0 Å².